The van der Waals surface area contributed by atoms with Crippen molar-refractivity contribution in [3.05, 3.63) is 69.1 Å². The molecular weight excluding hydrogens is 314 g/mol. The highest BCUT2D eigenvalue weighted by atomic mass is 35.5. The van der Waals surface area contributed by atoms with E-state index < -0.39 is 5.82 Å². The molecule has 0 unspecified atom stereocenters. The van der Waals surface area contributed by atoms with Crippen molar-refractivity contribution < 1.29 is 13.6 Å². The number of hydrogen-bond acceptors (Lipinski definition) is 2. The summed E-state index contributed by atoms with van der Waals surface area (Å²) in [5.74, 6) is -0.710. The lowest BCUT2D eigenvalue weighted by molar-refractivity contribution is 0.101. The Hall–Kier alpha value is -1.84. The molecule has 0 saturated carbocycles. The Morgan fingerprint density at radius 1 is 1.14 bits per heavy atom. The molecule has 3 aromatic rings. The minimum Gasteiger partial charge on any atom is -0.452 e. The van der Waals surface area contributed by atoms with E-state index in [1.165, 1.54) is 12.1 Å². The largest absolute Gasteiger partial charge is 0.452 e. The van der Waals surface area contributed by atoms with Gasteiger partial charge in [-0.25, -0.2) is 4.39 Å². The number of ketones is 1. The summed E-state index contributed by atoms with van der Waals surface area (Å²) in [6, 6.07) is 8.96. The number of fused-ring (bicyclic) bond motifs is 1. The van der Waals surface area contributed by atoms with E-state index in [1.54, 1.807) is 25.1 Å². The Bertz CT molecular complexity index is 868. The van der Waals surface area contributed by atoms with Crippen LogP contribution in [-0.4, -0.2) is 5.78 Å². The van der Waals surface area contributed by atoms with E-state index in [9.17, 15) is 9.18 Å². The average molecular weight is 323 g/mol. The van der Waals surface area contributed by atoms with Crippen LogP contribution in [0.25, 0.3) is 11.0 Å². The summed E-state index contributed by atoms with van der Waals surface area (Å²) < 4.78 is 18.8. The van der Waals surface area contributed by atoms with Gasteiger partial charge in [-0.05, 0) is 43.3 Å². The van der Waals surface area contributed by atoms with Gasteiger partial charge in [0, 0.05) is 21.5 Å². The number of carbonyl (C=O) groups is 1. The number of hydrogen-bond donors (Lipinski definition) is 0. The van der Waals surface area contributed by atoms with Gasteiger partial charge in [0.15, 0.2) is 5.76 Å². The molecule has 0 atom stereocenters. The number of aryl methyl sites for hydroxylation is 1. The molecule has 21 heavy (non-hydrogen) atoms. The second-order valence-corrected chi connectivity index (χ2v) is 5.50. The molecule has 3 rings (SSSR count). The molecule has 0 aliphatic heterocycles. The van der Waals surface area contributed by atoms with E-state index in [4.69, 9.17) is 27.6 Å². The van der Waals surface area contributed by atoms with E-state index in [2.05, 4.69) is 0 Å². The van der Waals surface area contributed by atoms with Crippen LogP contribution in [0.3, 0.4) is 0 Å². The van der Waals surface area contributed by atoms with Crippen LogP contribution in [0.1, 0.15) is 21.7 Å². The summed E-state index contributed by atoms with van der Waals surface area (Å²) in [5, 5.41) is 1.24. The summed E-state index contributed by atoms with van der Waals surface area (Å²) in [7, 11) is 0. The van der Waals surface area contributed by atoms with Crippen LogP contribution in [0.5, 0.6) is 0 Å². The average Bonchev–Trinajstić information content (AvgIpc) is 2.78. The third-order valence-corrected chi connectivity index (χ3v) is 3.81. The smallest absolute Gasteiger partial charge is 0.228 e. The zero-order chi connectivity index (χ0) is 15.1. The van der Waals surface area contributed by atoms with Gasteiger partial charge in [-0.1, -0.05) is 23.2 Å². The van der Waals surface area contributed by atoms with Crippen LogP contribution in [0.15, 0.2) is 40.8 Å². The molecule has 0 aliphatic rings. The summed E-state index contributed by atoms with van der Waals surface area (Å²) in [4.78, 5) is 12.5. The Kier molecular flexibility index (Phi) is 3.47. The van der Waals surface area contributed by atoms with Gasteiger partial charge >= 0.3 is 0 Å². The lowest BCUT2D eigenvalue weighted by Gasteiger charge is -2.00. The predicted molar refractivity (Wildman–Crippen MR) is 80.8 cm³/mol. The minimum absolute atomic E-state index is 0.0994. The minimum atomic E-state index is -0.568. The normalized spacial score (nSPS) is 11.0. The second-order valence-electron chi connectivity index (χ2n) is 4.65. The first kappa shape index (κ1) is 14.1. The topological polar surface area (TPSA) is 30.2 Å². The molecule has 0 aliphatic carbocycles. The van der Waals surface area contributed by atoms with Gasteiger partial charge in [0.25, 0.3) is 0 Å². The van der Waals surface area contributed by atoms with Crippen molar-refractivity contribution in [2.45, 2.75) is 6.92 Å². The maximum atomic E-state index is 13.2. The summed E-state index contributed by atoms with van der Waals surface area (Å²) in [6.07, 6.45) is 0. The molecule has 0 saturated heterocycles. The number of halogens is 3. The Balaban J connectivity index is 2.13. The van der Waals surface area contributed by atoms with E-state index in [1.807, 2.05) is 0 Å². The standard InChI is InChI=1S/C16H9Cl2FO2/c1-8-11-7-10(17)3-5-14(11)21-16(8)15(20)9-2-4-13(19)12(18)6-9/h2-7H,1H3. The lowest BCUT2D eigenvalue weighted by atomic mass is 10.0. The maximum absolute atomic E-state index is 13.2. The molecule has 5 heteroatoms. The van der Waals surface area contributed by atoms with Crippen molar-refractivity contribution in [3.63, 3.8) is 0 Å². The van der Waals surface area contributed by atoms with Crippen LogP contribution in [-0.2, 0) is 0 Å². The zero-order valence-electron chi connectivity index (χ0n) is 10.9. The lowest BCUT2D eigenvalue weighted by Crippen LogP contribution is -2.01. The highest BCUT2D eigenvalue weighted by Gasteiger charge is 2.20. The molecular formula is C16H9Cl2FO2. The molecule has 2 aromatic carbocycles. The monoisotopic (exact) mass is 322 g/mol. The highest BCUT2D eigenvalue weighted by molar-refractivity contribution is 6.31. The third-order valence-electron chi connectivity index (χ3n) is 3.29. The Labute approximate surface area is 130 Å². The van der Waals surface area contributed by atoms with Gasteiger partial charge < -0.3 is 4.42 Å². The first-order chi connectivity index (χ1) is 9.97. The van der Waals surface area contributed by atoms with Crippen molar-refractivity contribution in [1.82, 2.24) is 0 Å². The first-order valence-corrected chi connectivity index (χ1v) is 6.91. The molecule has 0 spiro atoms. The first-order valence-electron chi connectivity index (χ1n) is 6.16. The second kappa shape index (κ2) is 5.17. The van der Waals surface area contributed by atoms with Crippen molar-refractivity contribution in [2.24, 2.45) is 0 Å². The number of rotatable bonds is 2. The van der Waals surface area contributed by atoms with Crippen molar-refractivity contribution >= 4 is 40.0 Å². The van der Waals surface area contributed by atoms with E-state index in [0.29, 0.717) is 16.2 Å². The zero-order valence-corrected chi connectivity index (χ0v) is 12.4. The van der Waals surface area contributed by atoms with E-state index in [0.717, 1.165) is 11.5 Å². The molecule has 0 fully saturated rings. The molecule has 0 radical (unpaired) electrons. The van der Waals surface area contributed by atoms with Gasteiger partial charge in [0.2, 0.25) is 5.78 Å². The quantitative estimate of drug-likeness (QED) is 0.590. The third kappa shape index (κ3) is 2.43. The van der Waals surface area contributed by atoms with Gasteiger partial charge in [-0.15, -0.1) is 0 Å². The Morgan fingerprint density at radius 3 is 2.62 bits per heavy atom. The highest BCUT2D eigenvalue weighted by Crippen LogP contribution is 2.30. The summed E-state index contributed by atoms with van der Waals surface area (Å²) in [5.41, 5.74) is 1.54. The molecule has 2 nitrogen and oxygen atoms in total. The fourth-order valence-electron chi connectivity index (χ4n) is 2.18. The van der Waals surface area contributed by atoms with Gasteiger partial charge in [0.1, 0.15) is 11.4 Å². The van der Waals surface area contributed by atoms with Gasteiger partial charge in [-0.2, -0.15) is 0 Å². The van der Waals surface area contributed by atoms with E-state index in [-0.39, 0.29) is 22.1 Å². The maximum Gasteiger partial charge on any atom is 0.228 e. The molecule has 0 amide bonds. The Morgan fingerprint density at radius 2 is 1.90 bits per heavy atom. The predicted octanol–water partition coefficient (Wildman–Crippen LogP) is 5.42. The molecule has 1 heterocycles. The van der Waals surface area contributed by atoms with Crippen LogP contribution in [0.2, 0.25) is 10.0 Å². The summed E-state index contributed by atoms with van der Waals surface area (Å²) in [6.45, 7) is 1.78. The number of benzene rings is 2. The van der Waals surface area contributed by atoms with Crippen molar-refractivity contribution in [3.8, 4) is 0 Å². The van der Waals surface area contributed by atoms with E-state index >= 15 is 0 Å². The SMILES string of the molecule is Cc1c(C(=O)c2ccc(F)c(Cl)c2)oc2ccc(Cl)cc12. The van der Waals surface area contributed by atoms with Gasteiger partial charge in [-0.3, -0.25) is 4.79 Å². The molecule has 0 bridgehead atoms. The fraction of sp³-hybridized carbons (Fsp3) is 0.0625. The van der Waals surface area contributed by atoms with Crippen LogP contribution in [0, 0.1) is 12.7 Å². The molecule has 1 aromatic heterocycles. The van der Waals surface area contributed by atoms with Crippen molar-refractivity contribution in [1.29, 1.82) is 0 Å². The van der Waals surface area contributed by atoms with Crippen LogP contribution in [0.4, 0.5) is 4.39 Å². The number of furan rings is 1. The summed E-state index contributed by atoms with van der Waals surface area (Å²) >= 11 is 11.7. The fourth-order valence-corrected chi connectivity index (χ4v) is 2.53. The van der Waals surface area contributed by atoms with Gasteiger partial charge in [0.05, 0.1) is 5.02 Å². The van der Waals surface area contributed by atoms with Crippen LogP contribution >= 0.6 is 23.2 Å². The molecule has 0 N–H and O–H groups in total. The number of carbonyl (C=O) groups excluding carboxylic acids is 1. The molecule has 106 valence electrons. The van der Waals surface area contributed by atoms with Crippen LogP contribution < -0.4 is 0 Å². The van der Waals surface area contributed by atoms with Crippen molar-refractivity contribution in [2.75, 3.05) is 0 Å².